The molecule has 4 nitrogen and oxygen atoms in total. The van der Waals surface area contributed by atoms with Crippen LogP contribution in [0, 0.1) is 0 Å². The predicted octanol–water partition coefficient (Wildman–Crippen LogP) is 12.3. The lowest BCUT2D eigenvalue weighted by Crippen LogP contribution is -2.21. The molecule has 0 atom stereocenters. The third-order valence-electron chi connectivity index (χ3n) is 7.07. The summed E-state index contributed by atoms with van der Waals surface area (Å²) in [5.41, 5.74) is 6.29. The van der Waals surface area contributed by atoms with Gasteiger partial charge in [-0.1, -0.05) is 87.4 Å². The summed E-state index contributed by atoms with van der Waals surface area (Å²) in [6, 6.07) is 9.35. The lowest BCUT2D eigenvalue weighted by atomic mass is 9.85. The van der Waals surface area contributed by atoms with Crippen LogP contribution in [0.25, 0.3) is 0 Å². The van der Waals surface area contributed by atoms with Crippen LogP contribution in [0.2, 0.25) is 0 Å². The second-order valence-corrected chi connectivity index (χ2v) is 20.7. The summed E-state index contributed by atoms with van der Waals surface area (Å²) in [6.07, 6.45) is 0. The van der Waals surface area contributed by atoms with E-state index >= 15 is 0 Å². The van der Waals surface area contributed by atoms with Gasteiger partial charge in [0.1, 0.15) is 0 Å². The number of rotatable bonds is 11. The van der Waals surface area contributed by atoms with E-state index in [1.807, 2.05) is 0 Å². The Morgan fingerprint density at radius 3 is 0.717 bits per heavy atom. The first-order valence-corrected chi connectivity index (χ1v) is 18.9. The highest BCUT2D eigenvalue weighted by molar-refractivity contribution is 8.76. The minimum Gasteiger partial charge on any atom is -0.371 e. The number of hydrogen-bond acceptors (Lipinski definition) is 6. The quantitative estimate of drug-likeness (QED) is 0.221. The van der Waals surface area contributed by atoms with Crippen LogP contribution in [-0.4, -0.2) is 22.4 Å². The Kier molecular flexibility index (Phi) is 13.6. The Morgan fingerprint density at radius 1 is 0.370 bits per heavy atom. The van der Waals surface area contributed by atoms with Crippen molar-refractivity contribution in [3.8, 4) is 0 Å². The van der Waals surface area contributed by atoms with E-state index < -0.39 is 0 Å². The molecule has 0 N–H and O–H groups in total. The zero-order valence-electron chi connectivity index (χ0n) is 32.6. The van der Waals surface area contributed by atoms with Crippen LogP contribution < -0.4 is 0 Å². The summed E-state index contributed by atoms with van der Waals surface area (Å²) in [4.78, 5) is 2.41. The van der Waals surface area contributed by atoms with Gasteiger partial charge < -0.3 is 18.9 Å². The van der Waals surface area contributed by atoms with E-state index in [1.165, 1.54) is 43.2 Å². The molecule has 2 aromatic rings. The van der Waals surface area contributed by atoms with Crippen molar-refractivity contribution in [3.63, 3.8) is 0 Å². The molecular formula is C40H66O4S2. The van der Waals surface area contributed by atoms with Crippen molar-refractivity contribution in [2.24, 2.45) is 0 Å². The van der Waals surface area contributed by atoms with Crippen molar-refractivity contribution in [1.82, 2.24) is 0 Å². The minimum absolute atomic E-state index is 0.0129. The molecule has 6 heteroatoms. The highest BCUT2D eigenvalue weighted by Gasteiger charge is 2.26. The van der Waals surface area contributed by atoms with Crippen molar-refractivity contribution < 1.29 is 18.9 Å². The minimum atomic E-state index is -0.257. The first kappa shape index (κ1) is 41.2. The van der Waals surface area contributed by atoms with Crippen molar-refractivity contribution in [2.75, 3.05) is 0 Å². The van der Waals surface area contributed by atoms with Gasteiger partial charge in [-0.2, -0.15) is 0 Å². The van der Waals surface area contributed by atoms with E-state index in [-0.39, 0.29) is 33.2 Å². The number of hydrogen-bond donors (Lipinski definition) is 0. The van der Waals surface area contributed by atoms with Gasteiger partial charge in [0.2, 0.25) is 0 Å². The van der Waals surface area contributed by atoms with Crippen molar-refractivity contribution in [3.05, 3.63) is 57.6 Å². The van der Waals surface area contributed by atoms with Crippen LogP contribution in [-0.2, 0) is 56.2 Å². The van der Waals surface area contributed by atoms with E-state index in [2.05, 4.69) is 149 Å². The maximum Gasteiger partial charge on any atom is 0.0735 e. The Hall–Kier alpha value is -1.02. The molecule has 2 rings (SSSR count). The zero-order chi connectivity index (χ0) is 35.5. The topological polar surface area (TPSA) is 36.9 Å². The highest BCUT2D eigenvalue weighted by Crippen LogP contribution is 2.47. The standard InChI is InChI=1S/C40H66O4S2/c1-35(2,3)31-19-27(23-41-37(7,8)9)33(28(20-31)24-42-38(10,11)12)45-46-34-29(25-43-39(13,14)15)21-32(36(4,5)6)22-30(34)26-44-40(16,17)18/h19-22H,23-26H2,1-18H3. The maximum atomic E-state index is 6.43. The maximum absolute atomic E-state index is 6.43. The van der Waals surface area contributed by atoms with Gasteiger partial charge in [0.05, 0.1) is 48.8 Å². The Morgan fingerprint density at radius 2 is 0.565 bits per heavy atom. The molecule has 0 saturated carbocycles. The molecule has 262 valence electrons. The lowest BCUT2D eigenvalue weighted by molar-refractivity contribution is -0.0196. The van der Waals surface area contributed by atoms with Gasteiger partial charge in [0, 0.05) is 9.79 Å². The Bertz CT molecular complexity index is 1110. The lowest BCUT2D eigenvalue weighted by Gasteiger charge is -2.28. The molecule has 0 spiro atoms. The molecule has 46 heavy (non-hydrogen) atoms. The van der Waals surface area contributed by atoms with Crippen LogP contribution >= 0.6 is 21.6 Å². The molecule has 0 aromatic heterocycles. The van der Waals surface area contributed by atoms with E-state index in [9.17, 15) is 0 Å². The smallest absolute Gasteiger partial charge is 0.0735 e. The van der Waals surface area contributed by atoms with Crippen molar-refractivity contribution in [2.45, 2.75) is 194 Å². The summed E-state index contributed by atoms with van der Waals surface area (Å²) in [5.74, 6) is 0. The summed E-state index contributed by atoms with van der Waals surface area (Å²) in [5, 5.41) is 0. The Balaban J connectivity index is 2.78. The third kappa shape index (κ3) is 14.6. The van der Waals surface area contributed by atoms with Crippen LogP contribution in [0.15, 0.2) is 34.1 Å². The predicted molar refractivity (Wildman–Crippen MR) is 200 cm³/mol. The highest BCUT2D eigenvalue weighted by atomic mass is 33.1. The molecule has 0 heterocycles. The molecule has 0 saturated heterocycles. The van der Waals surface area contributed by atoms with Crippen LogP contribution in [0.4, 0.5) is 0 Å². The fraction of sp³-hybridized carbons (Fsp3) is 0.700. The summed E-state index contributed by atoms with van der Waals surface area (Å²) >= 11 is 0. The average molecular weight is 675 g/mol. The molecule has 0 aliphatic rings. The van der Waals surface area contributed by atoms with Crippen LogP contribution in [0.3, 0.4) is 0 Å². The fourth-order valence-electron chi connectivity index (χ4n) is 4.28. The summed E-state index contributed by atoms with van der Waals surface area (Å²) in [6.45, 7) is 41.1. The average Bonchev–Trinajstić information content (AvgIpc) is 2.84. The second kappa shape index (κ2) is 15.3. The Labute approximate surface area is 291 Å². The monoisotopic (exact) mass is 674 g/mol. The fourth-order valence-corrected chi connectivity index (χ4v) is 7.13. The van der Waals surface area contributed by atoms with Gasteiger partial charge in [-0.05, 0) is 127 Å². The van der Waals surface area contributed by atoms with Gasteiger partial charge in [0.15, 0.2) is 0 Å². The van der Waals surface area contributed by atoms with E-state index in [0.29, 0.717) is 26.4 Å². The molecule has 0 bridgehead atoms. The molecule has 0 aliphatic carbocycles. The molecule has 0 unspecified atom stereocenters. The number of ether oxygens (including phenoxy) is 4. The first-order valence-electron chi connectivity index (χ1n) is 16.8. The van der Waals surface area contributed by atoms with Crippen LogP contribution in [0.5, 0.6) is 0 Å². The van der Waals surface area contributed by atoms with Gasteiger partial charge in [-0.15, -0.1) is 0 Å². The van der Waals surface area contributed by atoms with Crippen LogP contribution in [0.1, 0.15) is 158 Å². The molecule has 0 amide bonds. The SMILES string of the molecule is CC(C)(C)OCc1cc(C(C)(C)C)cc(COC(C)(C)C)c1SSc1c(COC(C)(C)C)cc(C(C)(C)C)cc1COC(C)(C)C. The van der Waals surface area contributed by atoms with E-state index in [4.69, 9.17) is 18.9 Å². The number of benzene rings is 2. The third-order valence-corrected chi connectivity index (χ3v) is 9.78. The zero-order valence-corrected chi connectivity index (χ0v) is 34.2. The second-order valence-electron chi connectivity index (χ2n) is 18.5. The molecule has 0 fully saturated rings. The molecule has 0 radical (unpaired) electrons. The summed E-state index contributed by atoms with van der Waals surface area (Å²) in [7, 11) is 3.60. The van der Waals surface area contributed by atoms with E-state index in [0.717, 1.165) is 0 Å². The largest absolute Gasteiger partial charge is 0.371 e. The normalized spacial score (nSPS) is 13.9. The molecule has 2 aromatic carbocycles. The van der Waals surface area contributed by atoms with Gasteiger partial charge in [0.25, 0.3) is 0 Å². The van der Waals surface area contributed by atoms with E-state index in [1.54, 1.807) is 21.6 Å². The first-order chi connectivity index (χ1) is 20.5. The van der Waals surface area contributed by atoms with Gasteiger partial charge >= 0.3 is 0 Å². The van der Waals surface area contributed by atoms with Crippen molar-refractivity contribution >= 4 is 21.6 Å². The van der Waals surface area contributed by atoms with Gasteiger partial charge in [-0.25, -0.2) is 0 Å². The molecular weight excluding hydrogens is 609 g/mol. The van der Waals surface area contributed by atoms with Gasteiger partial charge in [-0.3, -0.25) is 0 Å². The summed E-state index contributed by atoms with van der Waals surface area (Å²) < 4.78 is 25.7. The molecule has 0 aliphatic heterocycles. The van der Waals surface area contributed by atoms with Crippen molar-refractivity contribution in [1.29, 1.82) is 0 Å².